The Morgan fingerprint density at radius 2 is 1.62 bits per heavy atom. The zero-order valence-corrected chi connectivity index (χ0v) is 14.9. The third-order valence-electron chi connectivity index (χ3n) is 3.64. The molecule has 120 valence electrons. The number of rotatable bonds is 7. The minimum atomic E-state index is -0.343. The summed E-state index contributed by atoms with van der Waals surface area (Å²) < 4.78 is 0. The van der Waals surface area contributed by atoms with Crippen molar-refractivity contribution in [1.82, 2.24) is 0 Å². The van der Waals surface area contributed by atoms with E-state index in [2.05, 4.69) is 65.8 Å². The molecule has 1 heteroatoms. The van der Waals surface area contributed by atoms with Crippen LogP contribution in [-0.2, 0) is 0 Å². The smallest absolute Gasteiger partial charge is 0.0726 e. The maximum atomic E-state index is 9.77. The van der Waals surface area contributed by atoms with Crippen molar-refractivity contribution in [3.63, 3.8) is 0 Å². The predicted octanol–water partition coefficient (Wildman–Crippen LogP) is 5.69. The van der Waals surface area contributed by atoms with Gasteiger partial charge in [0.2, 0.25) is 0 Å². The lowest BCUT2D eigenvalue weighted by atomic mass is 9.82. The van der Waals surface area contributed by atoms with Crippen molar-refractivity contribution in [3.8, 4) is 0 Å². The number of aliphatic hydroxyl groups excluding tert-OH is 1. The average molecular weight is 290 g/mol. The molecule has 0 rings (SSSR count). The van der Waals surface area contributed by atoms with E-state index in [1.165, 1.54) is 0 Å². The molecule has 0 aromatic carbocycles. The molecule has 0 radical (unpaired) electrons. The van der Waals surface area contributed by atoms with Crippen LogP contribution in [0.15, 0.2) is 48.1 Å². The maximum absolute atomic E-state index is 9.77. The fourth-order valence-electron chi connectivity index (χ4n) is 1.67. The van der Waals surface area contributed by atoms with Gasteiger partial charge in [-0.3, -0.25) is 0 Å². The van der Waals surface area contributed by atoms with Gasteiger partial charge in [-0.15, -0.1) is 0 Å². The summed E-state index contributed by atoms with van der Waals surface area (Å²) in [5, 5.41) is 9.77. The topological polar surface area (TPSA) is 20.2 Å². The first kappa shape index (κ1) is 19.9. The molecular weight excluding hydrogens is 256 g/mol. The van der Waals surface area contributed by atoms with E-state index in [9.17, 15) is 5.11 Å². The zero-order valence-electron chi connectivity index (χ0n) is 14.9. The van der Waals surface area contributed by atoms with E-state index in [1.54, 1.807) is 0 Å². The second kappa shape index (κ2) is 9.78. The first-order valence-corrected chi connectivity index (χ1v) is 8.01. The largest absolute Gasteiger partial charge is 0.389 e. The lowest BCUT2D eigenvalue weighted by Crippen LogP contribution is -2.14. The van der Waals surface area contributed by atoms with Gasteiger partial charge in [-0.2, -0.15) is 0 Å². The molecule has 0 fully saturated rings. The van der Waals surface area contributed by atoms with Gasteiger partial charge in [0.1, 0.15) is 0 Å². The fraction of sp³-hybridized carbons (Fsp3) is 0.600. The highest BCUT2D eigenvalue weighted by molar-refractivity contribution is 5.24. The Hall–Kier alpha value is -1.08. The highest BCUT2D eigenvalue weighted by atomic mass is 16.3. The van der Waals surface area contributed by atoms with Crippen LogP contribution in [-0.4, -0.2) is 11.2 Å². The van der Waals surface area contributed by atoms with E-state index in [-0.39, 0.29) is 6.10 Å². The Kier molecular flexibility index (Phi) is 9.28. The van der Waals surface area contributed by atoms with Crippen molar-refractivity contribution in [3.05, 3.63) is 48.1 Å². The van der Waals surface area contributed by atoms with Crippen LogP contribution >= 0.6 is 0 Å². The van der Waals surface area contributed by atoms with Crippen LogP contribution in [0.1, 0.15) is 54.9 Å². The summed E-state index contributed by atoms with van der Waals surface area (Å²) in [4.78, 5) is 0. The molecule has 1 nitrogen and oxygen atoms in total. The molecule has 0 aromatic heterocycles. The normalized spacial score (nSPS) is 17.5. The summed E-state index contributed by atoms with van der Waals surface area (Å²) in [5.41, 5.74) is 1.46. The molecule has 0 aliphatic heterocycles. The number of allylic oxidation sites excluding steroid dienone is 7. The van der Waals surface area contributed by atoms with Crippen LogP contribution in [0.25, 0.3) is 0 Å². The molecule has 0 unspecified atom stereocenters. The van der Waals surface area contributed by atoms with Gasteiger partial charge in [-0.25, -0.2) is 0 Å². The second-order valence-electron chi connectivity index (χ2n) is 7.39. The third kappa shape index (κ3) is 11.3. The second-order valence-corrected chi connectivity index (χ2v) is 7.39. The minimum Gasteiger partial charge on any atom is -0.389 e. The first-order chi connectivity index (χ1) is 9.62. The van der Waals surface area contributed by atoms with Crippen LogP contribution in [0.3, 0.4) is 0 Å². The lowest BCUT2D eigenvalue weighted by molar-refractivity contribution is 0.195. The van der Waals surface area contributed by atoms with Crippen molar-refractivity contribution in [1.29, 1.82) is 0 Å². The third-order valence-corrected chi connectivity index (χ3v) is 3.64. The molecule has 0 aromatic rings. The highest BCUT2D eigenvalue weighted by Gasteiger charge is 2.16. The minimum absolute atomic E-state index is 0.311. The predicted molar refractivity (Wildman–Crippen MR) is 95.3 cm³/mol. The van der Waals surface area contributed by atoms with Gasteiger partial charge >= 0.3 is 0 Å². The summed E-state index contributed by atoms with van der Waals surface area (Å²) in [6.07, 6.45) is 14.8. The van der Waals surface area contributed by atoms with Crippen LogP contribution in [0.2, 0.25) is 0 Å². The van der Waals surface area contributed by atoms with Gasteiger partial charge in [-0.05, 0) is 30.6 Å². The molecule has 0 saturated carbocycles. The van der Waals surface area contributed by atoms with Crippen LogP contribution in [0, 0.1) is 17.3 Å². The monoisotopic (exact) mass is 290 g/mol. The lowest BCUT2D eigenvalue weighted by Gasteiger charge is -2.23. The highest BCUT2D eigenvalue weighted by Crippen LogP contribution is 2.26. The molecule has 0 spiro atoms. The van der Waals surface area contributed by atoms with E-state index in [0.29, 0.717) is 17.3 Å². The quantitative estimate of drug-likeness (QED) is 0.597. The number of hydrogen-bond donors (Lipinski definition) is 1. The summed E-state index contributed by atoms with van der Waals surface area (Å²) in [5.74, 6) is 1.07. The van der Waals surface area contributed by atoms with Crippen LogP contribution < -0.4 is 0 Å². The summed E-state index contributed by atoms with van der Waals surface area (Å²) in [7, 11) is 0. The van der Waals surface area contributed by atoms with Gasteiger partial charge in [0.15, 0.2) is 0 Å². The van der Waals surface area contributed by atoms with E-state index in [0.717, 1.165) is 12.0 Å². The molecule has 2 atom stereocenters. The molecule has 21 heavy (non-hydrogen) atoms. The van der Waals surface area contributed by atoms with E-state index >= 15 is 0 Å². The molecule has 0 bridgehead atoms. The zero-order chi connectivity index (χ0) is 16.5. The number of aliphatic hydroxyl groups is 1. The summed E-state index contributed by atoms with van der Waals surface area (Å²) in [6, 6.07) is 0. The molecular formula is C20H34O. The molecule has 0 aliphatic rings. The SMILES string of the molecule is CC(/C=C/[C@@H](O)CC(C)C)=C\C=C\C=C\[C@@H](C)C(C)(C)C. The Balaban J connectivity index is 4.32. The van der Waals surface area contributed by atoms with Crippen molar-refractivity contribution >= 4 is 0 Å². The van der Waals surface area contributed by atoms with Crippen molar-refractivity contribution in [2.45, 2.75) is 61.0 Å². The van der Waals surface area contributed by atoms with E-state index in [4.69, 9.17) is 0 Å². The Labute approximate surface area is 132 Å². The van der Waals surface area contributed by atoms with Crippen LogP contribution in [0.5, 0.6) is 0 Å². The van der Waals surface area contributed by atoms with Crippen molar-refractivity contribution in [2.75, 3.05) is 0 Å². The molecule has 0 aliphatic carbocycles. The van der Waals surface area contributed by atoms with Crippen molar-refractivity contribution in [2.24, 2.45) is 17.3 Å². The molecule has 0 amide bonds. The average Bonchev–Trinajstić information content (AvgIpc) is 2.33. The molecule has 1 N–H and O–H groups in total. The van der Waals surface area contributed by atoms with Gasteiger partial charge in [0, 0.05) is 0 Å². The molecule has 0 heterocycles. The fourth-order valence-corrected chi connectivity index (χ4v) is 1.67. The van der Waals surface area contributed by atoms with E-state index < -0.39 is 0 Å². The first-order valence-electron chi connectivity index (χ1n) is 8.01. The Morgan fingerprint density at radius 3 is 2.14 bits per heavy atom. The van der Waals surface area contributed by atoms with Gasteiger partial charge in [0.25, 0.3) is 0 Å². The van der Waals surface area contributed by atoms with Crippen molar-refractivity contribution < 1.29 is 5.11 Å². The van der Waals surface area contributed by atoms with Crippen LogP contribution in [0.4, 0.5) is 0 Å². The molecule has 0 saturated heterocycles. The maximum Gasteiger partial charge on any atom is 0.0726 e. The Bertz CT molecular complexity index is 389. The summed E-state index contributed by atoms with van der Waals surface area (Å²) >= 11 is 0. The van der Waals surface area contributed by atoms with Gasteiger partial charge in [-0.1, -0.05) is 89.6 Å². The Morgan fingerprint density at radius 1 is 1.00 bits per heavy atom. The summed E-state index contributed by atoms with van der Waals surface area (Å²) in [6.45, 7) is 15.3. The van der Waals surface area contributed by atoms with Gasteiger partial charge < -0.3 is 5.11 Å². The van der Waals surface area contributed by atoms with E-state index in [1.807, 2.05) is 25.2 Å². The van der Waals surface area contributed by atoms with Gasteiger partial charge in [0.05, 0.1) is 6.10 Å². The standard InChI is InChI=1S/C20H34O/c1-16(2)15-19(21)14-13-17(3)11-9-8-10-12-18(4)20(5,6)7/h8-14,16,18-19,21H,15H2,1-7H3/b9-8+,12-10+,14-13+,17-11+/t18-,19-/m1/s1. The number of hydrogen-bond acceptors (Lipinski definition) is 1.